The molecule has 38 heavy (non-hydrogen) atoms. The number of amides is 1. The lowest BCUT2D eigenvalue weighted by Crippen LogP contribution is -2.43. The zero-order valence-electron chi connectivity index (χ0n) is 21.4. The number of benzene rings is 2. The lowest BCUT2D eigenvalue weighted by atomic mass is 9.82. The van der Waals surface area contributed by atoms with Crippen molar-refractivity contribution in [3.8, 4) is 17.2 Å². The smallest absolute Gasteiger partial charge is 0.250 e. The van der Waals surface area contributed by atoms with Crippen LogP contribution in [-0.4, -0.2) is 43.6 Å². The van der Waals surface area contributed by atoms with Gasteiger partial charge in [0.1, 0.15) is 5.82 Å². The standard InChI is InChI=1S/C31H32FN5O/c32-26-15-13-22(14-16-26)27-20-28(37(35-27)31-33-17-7-18-34-31)25-12-6-19-36(21-25)30(38)29(24-10-4-5-11-24)23-8-2-1-3-9-23/h1-3,7-9,13-18,20,24-25,29H,4-6,10-12,19,21H2. The van der Waals surface area contributed by atoms with E-state index in [4.69, 9.17) is 5.10 Å². The van der Waals surface area contributed by atoms with E-state index in [1.165, 1.54) is 25.0 Å². The van der Waals surface area contributed by atoms with Gasteiger partial charge in [0.25, 0.3) is 5.95 Å². The molecule has 2 atom stereocenters. The Morgan fingerprint density at radius 2 is 1.63 bits per heavy atom. The van der Waals surface area contributed by atoms with Gasteiger partial charge in [-0.05, 0) is 73.6 Å². The van der Waals surface area contributed by atoms with E-state index >= 15 is 0 Å². The maximum Gasteiger partial charge on any atom is 0.250 e. The van der Waals surface area contributed by atoms with Crippen LogP contribution in [0.3, 0.4) is 0 Å². The third kappa shape index (κ3) is 4.97. The van der Waals surface area contributed by atoms with Crippen LogP contribution in [0.25, 0.3) is 17.2 Å². The van der Waals surface area contributed by atoms with Crippen LogP contribution < -0.4 is 0 Å². The van der Waals surface area contributed by atoms with Crippen LogP contribution in [-0.2, 0) is 4.79 Å². The molecule has 1 aliphatic carbocycles. The number of carbonyl (C=O) groups is 1. The van der Waals surface area contributed by atoms with Gasteiger partial charge in [0.15, 0.2) is 0 Å². The fourth-order valence-electron chi connectivity index (χ4n) is 6.19. The molecule has 1 amide bonds. The summed E-state index contributed by atoms with van der Waals surface area (Å²) in [5.41, 5.74) is 3.68. The second-order valence-electron chi connectivity index (χ2n) is 10.5. The highest BCUT2D eigenvalue weighted by Crippen LogP contribution is 2.40. The maximum atomic E-state index is 14.1. The predicted molar refractivity (Wildman–Crippen MR) is 144 cm³/mol. The Kier molecular flexibility index (Phi) is 6.99. The molecule has 2 fully saturated rings. The average molecular weight is 510 g/mol. The molecule has 1 saturated carbocycles. The van der Waals surface area contributed by atoms with Gasteiger partial charge < -0.3 is 4.90 Å². The van der Waals surface area contributed by atoms with Crippen molar-refractivity contribution in [2.75, 3.05) is 13.1 Å². The molecule has 1 saturated heterocycles. The first-order valence-electron chi connectivity index (χ1n) is 13.6. The van der Waals surface area contributed by atoms with Crippen LogP contribution in [0, 0.1) is 11.7 Å². The molecule has 2 unspecified atom stereocenters. The number of hydrogen-bond acceptors (Lipinski definition) is 4. The number of rotatable bonds is 6. The summed E-state index contributed by atoms with van der Waals surface area (Å²) in [4.78, 5) is 25.1. The minimum atomic E-state index is -0.281. The van der Waals surface area contributed by atoms with E-state index in [1.807, 2.05) is 24.3 Å². The second kappa shape index (κ2) is 10.9. The molecule has 6 rings (SSSR count). The van der Waals surface area contributed by atoms with Crippen molar-refractivity contribution in [1.82, 2.24) is 24.6 Å². The normalized spacial score (nSPS) is 19.0. The van der Waals surface area contributed by atoms with E-state index in [1.54, 1.807) is 35.3 Å². The average Bonchev–Trinajstić information content (AvgIpc) is 3.66. The Labute approximate surface area is 222 Å². The van der Waals surface area contributed by atoms with Crippen LogP contribution in [0.2, 0.25) is 0 Å². The van der Waals surface area contributed by atoms with Crippen molar-refractivity contribution in [3.05, 3.63) is 96.2 Å². The van der Waals surface area contributed by atoms with Gasteiger partial charge in [-0.3, -0.25) is 4.79 Å². The maximum absolute atomic E-state index is 14.1. The summed E-state index contributed by atoms with van der Waals surface area (Å²) >= 11 is 0. The zero-order valence-corrected chi connectivity index (χ0v) is 21.4. The first kappa shape index (κ1) is 24.5. The quantitative estimate of drug-likeness (QED) is 0.313. The number of aromatic nitrogens is 4. The van der Waals surface area contributed by atoms with Crippen molar-refractivity contribution in [1.29, 1.82) is 0 Å². The number of piperidine rings is 1. The highest BCUT2D eigenvalue weighted by Gasteiger charge is 2.37. The van der Waals surface area contributed by atoms with E-state index in [0.717, 1.165) is 54.7 Å². The Bertz CT molecular complexity index is 1370. The van der Waals surface area contributed by atoms with Gasteiger partial charge in [-0.1, -0.05) is 43.2 Å². The molecule has 0 bridgehead atoms. The van der Waals surface area contributed by atoms with Crippen LogP contribution in [0.4, 0.5) is 4.39 Å². The molecule has 194 valence electrons. The molecular formula is C31H32FN5O. The van der Waals surface area contributed by atoms with E-state index in [9.17, 15) is 9.18 Å². The molecule has 6 nitrogen and oxygen atoms in total. The van der Waals surface area contributed by atoms with Gasteiger partial charge >= 0.3 is 0 Å². The molecular weight excluding hydrogens is 477 g/mol. The molecule has 0 N–H and O–H groups in total. The molecule has 4 aromatic rings. The summed E-state index contributed by atoms with van der Waals surface area (Å²) in [6.45, 7) is 1.41. The van der Waals surface area contributed by atoms with Gasteiger partial charge in [-0.2, -0.15) is 5.10 Å². The van der Waals surface area contributed by atoms with Crippen LogP contribution in [0.5, 0.6) is 0 Å². The van der Waals surface area contributed by atoms with Crippen molar-refractivity contribution < 1.29 is 9.18 Å². The van der Waals surface area contributed by atoms with Crippen molar-refractivity contribution >= 4 is 5.91 Å². The molecule has 2 aromatic carbocycles. The molecule has 0 radical (unpaired) electrons. The summed E-state index contributed by atoms with van der Waals surface area (Å²) < 4.78 is 15.4. The topological polar surface area (TPSA) is 63.9 Å². The summed E-state index contributed by atoms with van der Waals surface area (Å²) in [7, 11) is 0. The van der Waals surface area contributed by atoms with Gasteiger partial charge in [-0.25, -0.2) is 19.0 Å². The summed E-state index contributed by atoms with van der Waals surface area (Å²) in [5, 5.41) is 4.84. The third-order valence-electron chi connectivity index (χ3n) is 8.07. The number of carbonyl (C=O) groups excluding carboxylic acids is 1. The molecule has 2 aromatic heterocycles. The Morgan fingerprint density at radius 1 is 0.895 bits per heavy atom. The first-order chi connectivity index (χ1) is 18.7. The van der Waals surface area contributed by atoms with E-state index in [0.29, 0.717) is 18.4 Å². The van der Waals surface area contributed by atoms with Crippen LogP contribution in [0.1, 0.15) is 61.6 Å². The lowest BCUT2D eigenvalue weighted by Gasteiger charge is -2.36. The highest BCUT2D eigenvalue weighted by atomic mass is 19.1. The summed E-state index contributed by atoms with van der Waals surface area (Å²) in [6.07, 6.45) is 9.91. The largest absolute Gasteiger partial charge is 0.341 e. The number of hydrogen-bond donors (Lipinski definition) is 0. The van der Waals surface area contributed by atoms with E-state index in [2.05, 4.69) is 27.0 Å². The number of halogens is 1. The van der Waals surface area contributed by atoms with E-state index < -0.39 is 0 Å². The fourth-order valence-corrected chi connectivity index (χ4v) is 6.19. The number of likely N-dealkylation sites (tertiary alicyclic amines) is 1. The highest BCUT2D eigenvalue weighted by molar-refractivity contribution is 5.84. The molecule has 1 aliphatic heterocycles. The molecule has 0 spiro atoms. The molecule has 7 heteroatoms. The van der Waals surface area contributed by atoms with Crippen LogP contribution in [0.15, 0.2) is 79.1 Å². The Morgan fingerprint density at radius 3 is 2.37 bits per heavy atom. The lowest BCUT2D eigenvalue weighted by molar-refractivity contribution is -0.135. The zero-order chi connectivity index (χ0) is 25.9. The van der Waals surface area contributed by atoms with Gasteiger partial charge in [0.2, 0.25) is 5.91 Å². The predicted octanol–water partition coefficient (Wildman–Crippen LogP) is 6.15. The molecule has 3 heterocycles. The number of nitrogens with zero attached hydrogens (tertiary/aromatic N) is 5. The fraction of sp³-hybridized carbons (Fsp3) is 0.355. The third-order valence-corrected chi connectivity index (χ3v) is 8.07. The first-order valence-corrected chi connectivity index (χ1v) is 13.6. The van der Waals surface area contributed by atoms with Crippen molar-refractivity contribution in [2.45, 2.75) is 50.4 Å². The van der Waals surface area contributed by atoms with Crippen molar-refractivity contribution in [3.63, 3.8) is 0 Å². The van der Waals surface area contributed by atoms with Gasteiger partial charge in [0, 0.05) is 37.0 Å². The van der Waals surface area contributed by atoms with E-state index in [-0.39, 0.29) is 23.6 Å². The minimum absolute atomic E-state index is 0.0883. The summed E-state index contributed by atoms with van der Waals surface area (Å²) in [6, 6.07) is 20.5. The Balaban J connectivity index is 1.32. The minimum Gasteiger partial charge on any atom is -0.341 e. The van der Waals surface area contributed by atoms with Crippen molar-refractivity contribution in [2.24, 2.45) is 5.92 Å². The second-order valence-corrected chi connectivity index (χ2v) is 10.5. The summed E-state index contributed by atoms with van der Waals surface area (Å²) in [5.74, 6) is 0.865. The van der Waals surface area contributed by atoms with Gasteiger partial charge in [0.05, 0.1) is 17.3 Å². The molecule has 2 aliphatic rings. The van der Waals surface area contributed by atoms with Crippen LogP contribution >= 0.6 is 0 Å². The SMILES string of the molecule is O=C(C(c1ccccc1)C1CCCC1)N1CCCC(c2cc(-c3ccc(F)cc3)nn2-c2ncccn2)C1. The van der Waals surface area contributed by atoms with Gasteiger partial charge in [-0.15, -0.1) is 0 Å². The monoisotopic (exact) mass is 509 g/mol. The Hall–Kier alpha value is -3.87.